The van der Waals surface area contributed by atoms with Gasteiger partial charge in [0.2, 0.25) is 0 Å². The Labute approximate surface area is 139 Å². The number of para-hydroxylation sites is 1. The van der Waals surface area contributed by atoms with Gasteiger partial charge in [-0.15, -0.1) is 11.3 Å². The van der Waals surface area contributed by atoms with Crippen molar-refractivity contribution < 1.29 is 4.74 Å². The van der Waals surface area contributed by atoms with Crippen molar-refractivity contribution in [3.63, 3.8) is 0 Å². The number of ether oxygens (including phenoxy) is 1. The summed E-state index contributed by atoms with van der Waals surface area (Å²) >= 11 is 5.19. The summed E-state index contributed by atoms with van der Waals surface area (Å²) in [6.45, 7) is 9.03. The van der Waals surface area contributed by atoms with Gasteiger partial charge in [0.25, 0.3) is 0 Å². The number of halogens is 1. The van der Waals surface area contributed by atoms with Crippen LogP contribution in [0.1, 0.15) is 29.9 Å². The first-order valence-corrected chi connectivity index (χ1v) is 8.88. The van der Waals surface area contributed by atoms with E-state index in [1.54, 1.807) is 11.3 Å². The fraction of sp³-hybridized carbons (Fsp3) is 0.412. The SMILES string of the molecule is Cc1cccc(CNCC(C)C)c1OCc1cc(Br)cs1. The fourth-order valence-electron chi connectivity index (χ4n) is 2.13. The lowest BCUT2D eigenvalue weighted by atomic mass is 10.1. The normalized spacial score (nSPS) is 11.1. The lowest BCUT2D eigenvalue weighted by Gasteiger charge is -2.15. The molecule has 1 aromatic heterocycles. The molecule has 0 aliphatic carbocycles. The van der Waals surface area contributed by atoms with Crippen LogP contribution in [0.25, 0.3) is 0 Å². The number of aryl methyl sites for hydroxylation is 1. The van der Waals surface area contributed by atoms with Crippen LogP contribution in [0, 0.1) is 12.8 Å². The summed E-state index contributed by atoms with van der Waals surface area (Å²) in [4.78, 5) is 1.23. The minimum Gasteiger partial charge on any atom is -0.487 e. The molecule has 1 heterocycles. The van der Waals surface area contributed by atoms with Crippen LogP contribution in [0.5, 0.6) is 5.75 Å². The van der Waals surface area contributed by atoms with Crippen molar-refractivity contribution in [2.24, 2.45) is 5.92 Å². The van der Waals surface area contributed by atoms with Crippen LogP contribution in [-0.4, -0.2) is 6.54 Å². The average Bonchev–Trinajstić information content (AvgIpc) is 2.83. The molecule has 114 valence electrons. The summed E-state index contributed by atoms with van der Waals surface area (Å²) < 4.78 is 7.19. The minimum absolute atomic E-state index is 0.623. The molecule has 0 saturated carbocycles. The molecule has 2 aromatic rings. The van der Waals surface area contributed by atoms with Gasteiger partial charge >= 0.3 is 0 Å². The largest absolute Gasteiger partial charge is 0.487 e. The topological polar surface area (TPSA) is 21.3 Å². The van der Waals surface area contributed by atoms with E-state index in [0.29, 0.717) is 12.5 Å². The first-order chi connectivity index (χ1) is 10.1. The molecule has 0 saturated heterocycles. The van der Waals surface area contributed by atoms with E-state index in [1.165, 1.54) is 16.0 Å². The van der Waals surface area contributed by atoms with Crippen LogP contribution >= 0.6 is 27.3 Å². The van der Waals surface area contributed by atoms with Gasteiger partial charge in [-0.1, -0.05) is 32.0 Å². The van der Waals surface area contributed by atoms with E-state index in [1.807, 2.05) is 0 Å². The summed E-state index contributed by atoms with van der Waals surface area (Å²) in [7, 11) is 0. The molecule has 21 heavy (non-hydrogen) atoms. The molecule has 1 N–H and O–H groups in total. The second-order valence-electron chi connectivity index (χ2n) is 5.61. The van der Waals surface area contributed by atoms with Gasteiger partial charge in [0.1, 0.15) is 12.4 Å². The third-order valence-corrected chi connectivity index (χ3v) is 4.81. The number of nitrogens with one attached hydrogen (secondary N) is 1. The standard InChI is InChI=1S/C17H22BrNOS/c1-12(2)8-19-9-14-6-4-5-13(3)17(14)20-10-16-7-15(18)11-21-16/h4-7,11-12,19H,8-10H2,1-3H3. The van der Waals surface area contributed by atoms with Crippen molar-refractivity contribution in [1.82, 2.24) is 5.32 Å². The molecule has 4 heteroatoms. The van der Waals surface area contributed by atoms with Crippen molar-refractivity contribution in [3.8, 4) is 5.75 Å². The van der Waals surface area contributed by atoms with Gasteiger partial charge in [-0.25, -0.2) is 0 Å². The van der Waals surface area contributed by atoms with Gasteiger partial charge in [-0.3, -0.25) is 0 Å². The zero-order valence-corrected chi connectivity index (χ0v) is 15.2. The summed E-state index contributed by atoms with van der Waals surface area (Å²) in [6, 6.07) is 8.45. The third kappa shape index (κ3) is 5.13. The molecule has 0 amide bonds. The second-order valence-corrected chi connectivity index (χ2v) is 7.52. The van der Waals surface area contributed by atoms with Gasteiger partial charge in [0.05, 0.1) is 0 Å². The predicted octanol–water partition coefficient (Wildman–Crippen LogP) is 5.14. The monoisotopic (exact) mass is 367 g/mol. The lowest BCUT2D eigenvalue weighted by molar-refractivity contribution is 0.303. The minimum atomic E-state index is 0.623. The first kappa shape index (κ1) is 16.5. The molecule has 0 radical (unpaired) electrons. The molecular formula is C17H22BrNOS. The maximum Gasteiger partial charge on any atom is 0.127 e. The molecule has 0 aliphatic rings. The Kier molecular flexibility index (Phi) is 6.27. The Bertz CT molecular complexity index is 580. The van der Waals surface area contributed by atoms with Gasteiger partial charge in [0.15, 0.2) is 0 Å². The molecular weight excluding hydrogens is 346 g/mol. The lowest BCUT2D eigenvalue weighted by Crippen LogP contribution is -2.19. The van der Waals surface area contributed by atoms with Crippen LogP contribution in [0.15, 0.2) is 34.1 Å². The first-order valence-electron chi connectivity index (χ1n) is 7.21. The van der Waals surface area contributed by atoms with Gasteiger partial charge in [0, 0.05) is 26.8 Å². The number of hydrogen-bond donors (Lipinski definition) is 1. The Morgan fingerprint density at radius 1 is 1.33 bits per heavy atom. The zero-order valence-electron chi connectivity index (χ0n) is 12.8. The van der Waals surface area contributed by atoms with Crippen LogP contribution in [0.2, 0.25) is 0 Å². The van der Waals surface area contributed by atoms with E-state index in [9.17, 15) is 0 Å². The summed E-state index contributed by atoms with van der Waals surface area (Å²) in [5.74, 6) is 1.67. The number of rotatable bonds is 7. The molecule has 2 nitrogen and oxygen atoms in total. The van der Waals surface area contributed by atoms with Gasteiger partial charge in [-0.2, -0.15) is 0 Å². The molecule has 0 spiro atoms. The average molecular weight is 368 g/mol. The molecule has 2 rings (SSSR count). The zero-order chi connectivity index (χ0) is 15.2. The maximum absolute atomic E-state index is 6.07. The number of thiophene rings is 1. The summed E-state index contributed by atoms with van der Waals surface area (Å²) in [5.41, 5.74) is 2.42. The van der Waals surface area contributed by atoms with Crippen LogP contribution < -0.4 is 10.1 Å². The van der Waals surface area contributed by atoms with Crippen molar-refractivity contribution in [1.29, 1.82) is 0 Å². The van der Waals surface area contributed by atoms with E-state index in [-0.39, 0.29) is 0 Å². The molecule has 1 aromatic carbocycles. The molecule has 0 fully saturated rings. The molecule has 0 unspecified atom stereocenters. The van der Waals surface area contributed by atoms with Gasteiger partial charge < -0.3 is 10.1 Å². The Morgan fingerprint density at radius 2 is 2.14 bits per heavy atom. The summed E-state index contributed by atoms with van der Waals surface area (Å²) in [5, 5.41) is 5.57. The molecule has 0 bridgehead atoms. The van der Waals surface area contributed by atoms with E-state index in [0.717, 1.165) is 23.3 Å². The van der Waals surface area contributed by atoms with Gasteiger partial charge in [-0.05, 0) is 46.9 Å². The van der Waals surface area contributed by atoms with Crippen LogP contribution in [0.4, 0.5) is 0 Å². The summed E-state index contributed by atoms with van der Waals surface area (Å²) in [6.07, 6.45) is 0. The van der Waals surface area contributed by atoms with Crippen LogP contribution in [-0.2, 0) is 13.2 Å². The Morgan fingerprint density at radius 3 is 2.81 bits per heavy atom. The molecule has 0 atom stereocenters. The Balaban J connectivity index is 2.02. The third-order valence-electron chi connectivity index (χ3n) is 3.14. The number of hydrogen-bond acceptors (Lipinski definition) is 3. The fourth-order valence-corrected chi connectivity index (χ4v) is 3.49. The second kappa shape index (κ2) is 7.97. The van der Waals surface area contributed by atoms with E-state index >= 15 is 0 Å². The molecule has 0 aliphatic heterocycles. The highest BCUT2D eigenvalue weighted by atomic mass is 79.9. The predicted molar refractivity (Wildman–Crippen MR) is 94.1 cm³/mol. The van der Waals surface area contributed by atoms with Crippen LogP contribution in [0.3, 0.4) is 0 Å². The van der Waals surface area contributed by atoms with E-state index in [2.05, 4.69) is 71.7 Å². The van der Waals surface area contributed by atoms with E-state index in [4.69, 9.17) is 4.74 Å². The van der Waals surface area contributed by atoms with E-state index < -0.39 is 0 Å². The highest BCUT2D eigenvalue weighted by Crippen LogP contribution is 2.26. The highest BCUT2D eigenvalue weighted by Gasteiger charge is 2.08. The van der Waals surface area contributed by atoms with Crippen molar-refractivity contribution >= 4 is 27.3 Å². The van der Waals surface area contributed by atoms with Crippen molar-refractivity contribution in [3.05, 3.63) is 50.1 Å². The maximum atomic E-state index is 6.07. The Hall–Kier alpha value is -0.840. The highest BCUT2D eigenvalue weighted by molar-refractivity contribution is 9.10. The smallest absolute Gasteiger partial charge is 0.127 e. The van der Waals surface area contributed by atoms with Crippen molar-refractivity contribution in [2.75, 3.05) is 6.54 Å². The number of benzene rings is 1. The van der Waals surface area contributed by atoms with Crippen molar-refractivity contribution in [2.45, 2.75) is 33.9 Å². The quantitative estimate of drug-likeness (QED) is 0.730.